The number of ketones is 1. The quantitative estimate of drug-likeness (QED) is 0.752. The Morgan fingerprint density at radius 2 is 1.88 bits per heavy atom. The number of benzene rings is 2. The zero-order valence-electron chi connectivity index (χ0n) is 9.72. The van der Waals surface area contributed by atoms with Gasteiger partial charge in [0.2, 0.25) is 0 Å². The van der Waals surface area contributed by atoms with Gasteiger partial charge in [-0.2, -0.15) is 0 Å². The van der Waals surface area contributed by atoms with Crippen molar-refractivity contribution in [1.82, 2.24) is 0 Å². The number of hydrogen-bond acceptors (Lipinski definition) is 2. The van der Waals surface area contributed by atoms with Crippen LogP contribution in [0.25, 0.3) is 10.8 Å². The summed E-state index contributed by atoms with van der Waals surface area (Å²) in [5.41, 5.74) is 1.28. The zero-order valence-corrected chi connectivity index (χ0v) is 10.5. The summed E-state index contributed by atoms with van der Waals surface area (Å²) in [6.07, 6.45) is 0.685. The second-order valence-corrected chi connectivity index (χ2v) is 6.09. The monoisotopic (exact) mass is 242 g/mol. The van der Waals surface area contributed by atoms with E-state index in [9.17, 15) is 4.79 Å². The first-order valence-corrected chi connectivity index (χ1v) is 6.85. The Kier molecular flexibility index (Phi) is 2.67. The first kappa shape index (κ1) is 10.8. The van der Waals surface area contributed by atoms with Crippen molar-refractivity contribution in [3.05, 3.63) is 48.0 Å². The van der Waals surface area contributed by atoms with Crippen LogP contribution in [0.2, 0.25) is 0 Å². The lowest BCUT2D eigenvalue weighted by Gasteiger charge is -2.09. The molecule has 2 heteroatoms. The molecule has 2 unspecified atom stereocenters. The summed E-state index contributed by atoms with van der Waals surface area (Å²) in [7, 11) is 0. The van der Waals surface area contributed by atoms with E-state index in [0.29, 0.717) is 17.5 Å². The van der Waals surface area contributed by atoms with Crippen LogP contribution < -0.4 is 0 Å². The molecule has 2 aromatic rings. The van der Waals surface area contributed by atoms with Gasteiger partial charge in [0.1, 0.15) is 5.78 Å². The van der Waals surface area contributed by atoms with Crippen LogP contribution in [0.15, 0.2) is 42.5 Å². The van der Waals surface area contributed by atoms with Gasteiger partial charge in [0.05, 0.1) is 5.25 Å². The van der Waals surface area contributed by atoms with Crippen LogP contribution in [0.3, 0.4) is 0 Å². The van der Waals surface area contributed by atoms with Gasteiger partial charge in [0, 0.05) is 11.7 Å². The van der Waals surface area contributed by atoms with Gasteiger partial charge in [0.15, 0.2) is 0 Å². The van der Waals surface area contributed by atoms with Gasteiger partial charge in [-0.15, -0.1) is 11.8 Å². The molecule has 1 heterocycles. The molecule has 3 rings (SSSR count). The highest BCUT2D eigenvalue weighted by molar-refractivity contribution is 8.01. The van der Waals surface area contributed by atoms with Crippen molar-refractivity contribution < 1.29 is 4.79 Å². The van der Waals surface area contributed by atoms with Gasteiger partial charge in [-0.3, -0.25) is 4.79 Å². The van der Waals surface area contributed by atoms with Crippen LogP contribution in [0.4, 0.5) is 0 Å². The zero-order chi connectivity index (χ0) is 11.8. The van der Waals surface area contributed by atoms with E-state index >= 15 is 0 Å². The summed E-state index contributed by atoms with van der Waals surface area (Å²) in [4.78, 5) is 11.6. The van der Waals surface area contributed by atoms with E-state index in [0.717, 1.165) is 0 Å². The predicted octanol–water partition coefficient (Wildman–Crippen LogP) is 3.98. The van der Waals surface area contributed by atoms with E-state index in [-0.39, 0.29) is 5.25 Å². The largest absolute Gasteiger partial charge is 0.298 e. The van der Waals surface area contributed by atoms with Crippen molar-refractivity contribution in [2.24, 2.45) is 0 Å². The number of Topliss-reactive ketones (excluding diaryl/α,β-unsaturated/α-hetero) is 1. The number of rotatable bonds is 1. The standard InChI is InChI=1S/C15H14OS/c1-10-14(16)9-15(17-10)13-7-6-11-4-2-3-5-12(11)8-13/h2-8,10,15H,9H2,1H3. The third kappa shape index (κ3) is 1.98. The topological polar surface area (TPSA) is 17.1 Å². The summed E-state index contributed by atoms with van der Waals surface area (Å²) in [5, 5.41) is 3.03. The van der Waals surface area contributed by atoms with Crippen molar-refractivity contribution in [2.75, 3.05) is 0 Å². The summed E-state index contributed by atoms with van der Waals surface area (Å²) >= 11 is 1.79. The predicted molar refractivity (Wildman–Crippen MR) is 73.4 cm³/mol. The molecule has 1 saturated heterocycles. The Morgan fingerprint density at radius 3 is 2.59 bits per heavy atom. The fourth-order valence-corrected chi connectivity index (χ4v) is 3.63. The van der Waals surface area contributed by atoms with Crippen molar-refractivity contribution in [3.8, 4) is 0 Å². The molecular formula is C15H14OS. The molecule has 0 radical (unpaired) electrons. The molecule has 0 N–H and O–H groups in total. The Labute approximate surface area is 105 Å². The molecule has 1 aliphatic rings. The van der Waals surface area contributed by atoms with E-state index < -0.39 is 0 Å². The average Bonchev–Trinajstić information content (AvgIpc) is 2.69. The van der Waals surface area contributed by atoms with E-state index in [1.54, 1.807) is 11.8 Å². The number of hydrogen-bond donors (Lipinski definition) is 0. The van der Waals surface area contributed by atoms with Gasteiger partial charge < -0.3 is 0 Å². The molecule has 0 saturated carbocycles. The molecule has 0 aliphatic carbocycles. The van der Waals surface area contributed by atoms with Gasteiger partial charge >= 0.3 is 0 Å². The van der Waals surface area contributed by atoms with Gasteiger partial charge in [-0.05, 0) is 23.3 Å². The molecule has 0 aromatic heterocycles. The highest BCUT2D eigenvalue weighted by atomic mass is 32.2. The summed E-state index contributed by atoms with van der Waals surface area (Å²) in [6, 6.07) is 14.9. The first-order valence-electron chi connectivity index (χ1n) is 5.91. The minimum atomic E-state index is 0.159. The molecule has 1 aliphatic heterocycles. The minimum absolute atomic E-state index is 0.159. The van der Waals surface area contributed by atoms with Crippen LogP contribution in [-0.2, 0) is 4.79 Å². The smallest absolute Gasteiger partial charge is 0.147 e. The highest BCUT2D eigenvalue weighted by Gasteiger charge is 2.30. The number of fused-ring (bicyclic) bond motifs is 1. The second-order valence-electron chi connectivity index (χ2n) is 4.54. The van der Waals surface area contributed by atoms with Gasteiger partial charge in [0.25, 0.3) is 0 Å². The van der Waals surface area contributed by atoms with Crippen LogP contribution in [0.1, 0.15) is 24.2 Å². The summed E-state index contributed by atoms with van der Waals surface area (Å²) < 4.78 is 0. The Bertz CT molecular complexity index is 576. The van der Waals surface area contributed by atoms with E-state index in [4.69, 9.17) is 0 Å². The van der Waals surface area contributed by atoms with Crippen molar-refractivity contribution in [1.29, 1.82) is 0 Å². The Hall–Kier alpha value is -1.28. The van der Waals surface area contributed by atoms with Gasteiger partial charge in [-0.25, -0.2) is 0 Å². The third-order valence-electron chi connectivity index (χ3n) is 3.35. The molecule has 17 heavy (non-hydrogen) atoms. The summed E-state index contributed by atoms with van der Waals surface area (Å²) in [6.45, 7) is 2.01. The fraction of sp³-hybridized carbons (Fsp3) is 0.267. The Balaban J connectivity index is 1.99. The molecular weight excluding hydrogens is 228 g/mol. The molecule has 2 atom stereocenters. The molecule has 0 amide bonds. The van der Waals surface area contributed by atoms with E-state index in [1.165, 1.54) is 16.3 Å². The summed E-state index contributed by atoms with van der Waals surface area (Å²) in [5.74, 6) is 0.383. The number of carbonyl (C=O) groups excluding carboxylic acids is 1. The molecule has 2 aromatic carbocycles. The third-order valence-corrected chi connectivity index (χ3v) is 4.79. The molecule has 1 nitrogen and oxygen atoms in total. The lowest BCUT2D eigenvalue weighted by Crippen LogP contribution is -2.03. The maximum Gasteiger partial charge on any atom is 0.147 e. The van der Waals surface area contributed by atoms with E-state index in [2.05, 4.69) is 42.5 Å². The molecule has 0 spiro atoms. The molecule has 86 valence electrons. The fourth-order valence-electron chi connectivity index (χ4n) is 2.32. The maximum absolute atomic E-state index is 11.6. The van der Waals surface area contributed by atoms with Crippen LogP contribution in [0, 0.1) is 0 Å². The van der Waals surface area contributed by atoms with Crippen LogP contribution in [0.5, 0.6) is 0 Å². The number of thioether (sulfide) groups is 1. The Morgan fingerprint density at radius 1 is 1.12 bits per heavy atom. The SMILES string of the molecule is CC1SC(c2ccc3ccccc3c2)CC1=O. The van der Waals surface area contributed by atoms with Crippen molar-refractivity contribution >= 4 is 28.3 Å². The van der Waals surface area contributed by atoms with Crippen LogP contribution in [-0.4, -0.2) is 11.0 Å². The molecule has 0 bridgehead atoms. The van der Waals surface area contributed by atoms with Gasteiger partial charge in [-0.1, -0.05) is 42.5 Å². The minimum Gasteiger partial charge on any atom is -0.298 e. The van der Waals surface area contributed by atoms with Crippen LogP contribution >= 0.6 is 11.8 Å². The average molecular weight is 242 g/mol. The van der Waals surface area contributed by atoms with Crippen molar-refractivity contribution in [3.63, 3.8) is 0 Å². The normalized spacial score (nSPS) is 24.4. The number of carbonyl (C=O) groups is 1. The molecule has 1 fully saturated rings. The first-order chi connectivity index (χ1) is 8.24. The highest BCUT2D eigenvalue weighted by Crippen LogP contribution is 2.43. The maximum atomic E-state index is 11.6. The lowest BCUT2D eigenvalue weighted by atomic mass is 10.0. The lowest BCUT2D eigenvalue weighted by molar-refractivity contribution is -0.117. The van der Waals surface area contributed by atoms with Crippen molar-refractivity contribution in [2.45, 2.75) is 23.8 Å². The second kappa shape index (κ2) is 4.19. The van der Waals surface area contributed by atoms with E-state index in [1.807, 2.05) is 6.92 Å².